The summed E-state index contributed by atoms with van der Waals surface area (Å²) in [5.41, 5.74) is 0. The van der Waals surface area contributed by atoms with Crippen LogP contribution < -0.4 is 0 Å². The fourth-order valence-electron chi connectivity index (χ4n) is 1.91. The maximum Gasteiger partial charge on any atom is 0.307 e. The first-order valence-electron chi connectivity index (χ1n) is 6.03. The molecule has 1 rings (SSSR count). The minimum absolute atomic E-state index is 0.122. The van der Waals surface area contributed by atoms with Crippen molar-refractivity contribution in [2.24, 2.45) is 11.8 Å². The van der Waals surface area contributed by atoms with Crippen LogP contribution >= 0.6 is 0 Å². The van der Waals surface area contributed by atoms with E-state index in [-0.39, 0.29) is 12.3 Å². The SMILES string of the molecule is CC(C)CCS(=O)(=O)N1CCC[C@H](C(=O)O)C1. The number of sulfonamides is 1. The molecule has 100 valence electrons. The highest BCUT2D eigenvalue weighted by Crippen LogP contribution is 2.20. The molecular weight excluding hydrogens is 242 g/mol. The molecule has 0 aromatic heterocycles. The Morgan fingerprint density at radius 3 is 2.65 bits per heavy atom. The molecule has 0 aromatic rings. The van der Waals surface area contributed by atoms with Gasteiger partial charge in [-0.05, 0) is 25.2 Å². The van der Waals surface area contributed by atoms with E-state index in [1.165, 1.54) is 4.31 Å². The summed E-state index contributed by atoms with van der Waals surface area (Å²) in [7, 11) is -3.27. The van der Waals surface area contributed by atoms with Gasteiger partial charge in [0.05, 0.1) is 11.7 Å². The third-order valence-electron chi connectivity index (χ3n) is 3.08. The van der Waals surface area contributed by atoms with E-state index >= 15 is 0 Å². The lowest BCUT2D eigenvalue weighted by molar-refractivity contribution is -0.142. The van der Waals surface area contributed by atoms with E-state index in [1.807, 2.05) is 13.8 Å². The molecule has 0 unspecified atom stereocenters. The number of aliphatic carboxylic acids is 1. The van der Waals surface area contributed by atoms with Crippen LogP contribution in [0, 0.1) is 11.8 Å². The molecule has 1 atom stereocenters. The Bertz CT molecular complexity index is 364. The molecule has 1 fully saturated rings. The van der Waals surface area contributed by atoms with E-state index in [2.05, 4.69) is 0 Å². The summed E-state index contributed by atoms with van der Waals surface area (Å²) in [5, 5.41) is 8.92. The Morgan fingerprint density at radius 1 is 1.47 bits per heavy atom. The van der Waals surface area contributed by atoms with Crippen LogP contribution in [-0.4, -0.2) is 42.6 Å². The Labute approximate surface area is 103 Å². The maximum atomic E-state index is 12.0. The number of hydrogen-bond donors (Lipinski definition) is 1. The largest absolute Gasteiger partial charge is 0.481 e. The first kappa shape index (κ1) is 14.4. The van der Waals surface area contributed by atoms with Crippen molar-refractivity contribution in [3.63, 3.8) is 0 Å². The molecule has 0 aromatic carbocycles. The summed E-state index contributed by atoms with van der Waals surface area (Å²) in [4.78, 5) is 10.9. The summed E-state index contributed by atoms with van der Waals surface area (Å²) >= 11 is 0. The van der Waals surface area contributed by atoms with Crippen LogP contribution in [0.15, 0.2) is 0 Å². The zero-order chi connectivity index (χ0) is 13.1. The molecular formula is C11H21NO4S. The summed E-state index contributed by atoms with van der Waals surface area (Å²) < 4.78 is 25.3. The lowest BCUT2D eigenvalue weighted by Crippen LogP contribution is -2.43. The van der Waals surface area contributed by atoms with Crippen LogP contribution in [-0.2, 0) is 14.8 Å². The minimum Gasteiger partial charge on any atom is -0.481 e. The normalized spacial score (nSPS) is 22.9. The Morgan fingerprint density at radius 2 is 2.12 bits per heavy atom. The third kappa shape index (κ3) is 4.27. The van der Waals surface area contributed by atoms with Gasteiger partial charge in [0.2, 0.25) is 10.0 Å². The lowest BCUT2D eigenvalue weighted by Gasteiger charge is -2.30. The van der Waals surface area contributed by atoms with Gasteiger partial charge in [-0.25, -0.2) is 12.7 Å². The molecule has 1 N–H and O–H groups in total. The van der Waals surface area contributed by atoms with Gasteiger partial charge in [-0.3, -0.25) is 4.79 Å². The van der Waals surface area contributed by atoms with E-state index in [9.17, 15) is 13.2 Å². The van der Waals surface area contributed by atoms with Crippen molar-refractivity contribution in [2.75, 3.05) is 18.8 Å². The van der Waals surface area contributed by atoms with Crippen LogP contribution in [0.5, 0.6) is 0 Å². The molecule has 1 saturated heterocycles. The van der Waals surface area contributed by atoms with Gasteiger partial charge in [-0.2, -0.15) is 0 Å². The first-order chi connectivity index (χ1) is 7.83. The second kappa shape index (κ2) is 5.82. The van der Waals surface area contributed by atoms with Crippen molar-refractivity contribution in [1.82, 2.24) is 4.31 Å². The molecule has 1 aliphatic rings. The van der Waals surface area contributed by atoms with Gasteiger partial charge >= 0.3 is 5.97 Å². The molecule has 17 heavy (non-hydrogen) atoms. The molecule has 6 heteroatoms. The second-order valence-corrected chi connectivity index (χ2v) is 7.12. The van der Waals surface area contributed by atoms with Gasteiger partial charge in [0.15, 0.2) is 0 Å². The number of nitrogens with zero attached hydrogens (tertiary/aromatic N) is 1. The third-order valence-corrected chi connectivity index (χ3v) is 4.95. The summed E-state index contributed by atoms with van der Waals surface area (Å²) in [6.07, 6.45) is 1.83. The molecule has 0 aliphatic carbocycles. The van der Waals surface area contributed by atoms with Crippen molar-refractivity contribution in [3.8, 4) is 0 Å². The molecule has 1 heterocycles. The average Bonchev–Trinajstić information content (AvgIpc) is 2.27. The predicted octanol–water partition coefficient (Wildman–Crippen LogP) is 1.16. The standard InChI is InChI=1S/C11H21NO4S/c1-9(2)5-7-17(15,16)12-6-3-4-10(8-12)11(13)14/h9-10H,3-8H2,1-2H3,(H,13,14)/t10-/m0/s1. The number of piperidine rings is 1. The average molecular weight is 263 g/mol. The minimum atomic E-state index is -3.27. The molecule has 0 radical (unpaired) electrons. The van der Waals surface area contributed by atoms with E-state index in [0.29, 0.717) is 31.7 Å². The van der Waals surface area contributed by atoms with Crippen molar-refractivity contribution in [3.05, 3.63) is 0 Å². The van der Waals surface area contributed by atoms with Gasteiger partial charge in [0.1, 0.15) is 0 Å². The van der Waals surface area contributed by atoms with Crippen LogP contribution in [0.25, 0.3) is 0 Å². The van der Waals surface area contributed by atoms with E-state index in [4.69, 9.17) is 5.11 Å². The highest BCUT2D eigenvalue weighted by Gasteiger charge is 2.31. The number of carboxylic acids is 1. The van der Waals surface area contributed by atoms with Gasteiger partial charge in [0.25, 0.3) is 0 Å². The molecule has 1 aliphatic heterocycles. The quantitative estimate of drug-likeness (QED) is 0.807. The molecule has 0 bridgehead atoms. The number of carbonyl (C=O) groups is 1. The highest BCUT2D eigenvalue weighted by atomic mass is 32.2. The van der Waals surface area contributed by atoms with Crippen molar-refractivity contribution in [2.45, 2.75) is 33.1 Å². The highest BCUT2D eigenvalue weighted by molar-refractivity contribution is 7.89. The first-order valence-corrected chi connectivity index (χ1v) is 7.64. The van der Waals surface area contributed by atoms with Crippen LogP contribution in [0.3, 0.4) is 0 Å². The zero-order valence-electron chi connectivity index (χ0n) is 10.4. The van der Waals surface area contributed by atoms with E-state index in [0.717, 1.165) is 0 Å². The Hall–Kier alpha value is -0.620. The second-order valence-electron chi connectivity index (χ2n) is 5.03. The van der Waals surface area contributed by atoms with Crippen LogP contribution in [0.2, 0.25) is 0 Å². The smallest absolute Gasteiger partial charge is 0.307 e. The molecule has 0 amide bonds. The fourth-order valence-corrected chi connectivity index (χ4v) is 3.75. The van der Waals surface area contributed by atoms with E-state index in [1.54, 1.807) is 0 Å². The van der Waals surface area contributed by atoms with Crippen molar-refractivity contribution < 1.29 is 18.3 Å². The summed E-state index contributed by atoms with van der Waals surface area (Å²) in [5.74, 6) is -0.979. The fraction of sp³-hybridized carbons (Fsp3) is 0.909. The number of hydrogen-bond acceptors (Lipinski definition) is 3. The predicted molar refractivity (Wildman–Crippen MR) is 65.2 cm³/mol. The lowest BCUT2D eigenvalue weighted by atomic mass is 10.0. The van der Waals surface area contributed by atoms with E-state index < -0.39 is 21.9 Å². The van der Waals surface area contributed by atoms with Crippen molar-refractivity contribution in [1.29, 1.82) is 0 Å². The molecule has 0 spiro atoms. The van der Waals surface area contributed by atoms with Gasteiger partial charge < -0.3 is 5.11 Å². The Kier molecular flexibility index (Phi) is 4.94. The maximum absolute atomic E-state index is 12.0. The monoisotopic (exact) mass is 263 g/mol. The van der Waals surface area contributed by atoms with Crippen molar-refractivity contribution >= 4 is 16.0 Å². The number of rotatable bonds is 5. The van der Waals surface area contributed by atoms with Crippen LogP contribution in [0.1, 0.15) is 33.1 Å². The Balaban J connectivity index is 2.62. The van der Waals surface area contributed by atoms with Gasteiger partial charge in [-0.1, -0.05) is 13.8 Å². The molecule has 5 nitrogen and oxygen atoms in total. The topological polar surface area (TPSA) is 74.7 Å². The summed E-state index contributed by atoms with van der Waals surface area (Å²) in [6.45, 7) is 4.55. The zero-order valence-corrected chi connectivity index (χ0v) is 11.2. The van der Waals surface area contributed by atoms with Crippen LogP contribution in [0.4, 0.5) is 0 Å². The van der Waals surface area contributed by atoms with Gasteiger partial charge in [0, 0.05) is 13.1 Å². The number of carboxylic acid groups (broad SMARTS) is 1. The van der Waals surface area contributed by atoms with Gasteiger partial charge in [-0.15, -0.1) is 0 Å². The summed E-state index contributed by atoms with van der Waals surface area (Å²) in [6, 6.07) is 0. The molecule has 0 saturated carbocycles.